The van der Waals surface area contributed by atoms with Gasteiger partial charge in [0.25, 0.3) is 0 Å². The molecule has 80 valence electrons. The Balaban J connectivity index is 2.53. The lowest BCUT2D eigenvalue weighted by atomic mass is 10.0. The minimum Gasteiger partial charge on any atom is -0.351 e. The first kappa shape index (κ1) is 11.0. The summed E-state index contributed by atoms with van der Waals surface area (Å²) in [4.78, 5) is -0.806. The highest BCUT2D eigenvalue weighted by atomic mass is 35.5. The van der Waals surface area contributed by atoms with Gasteiger partial charge in [0.15, 0.2) is 5.79 Å². The quantitative estimate of drug-likeness (QED) is 0.559. The Bertz CT molecular complexity index is 298. The Morgan fingerprint density at radius 2 is 1.86 bits per heavy atom. The molecule has 2 rings (SSSR count). The van der Waals surface area contributed by atoms with Gasteiger partial charge in [0.05, 0.1) is 11.0 Å². The second-order valence-corrected chi connectivity index (χ2v) is 5.06. The van der Waals surface area contributed by atoms with Crippen molar-refractivity contribution in [1.82, 2.24) is 0 Å². The molecule has 0 heterocycles. The zero-order valence-electron chi connectivity index (χ0n) is 7.94. The lowest BCUT2D eigenvalue weighted by molar-refractivity contribution is -0.223. The molecule has 2 nitrogen and oxygen atoms in total. The summed E-state index contributed by atoms with van der Waals surface area (Å²) >= 11 is 18.6. The van der Waals surface area contributed by atoms with Gasteiger partial charge in [-0.1, -0.05) is 23.2 Å². The molecule has 0 aromatic heterocycles. The van der Waals surface area contributed by atoms with E-state index in [0.29, 0.717) is 10.1 Å². The summed E-state index contributed by atoms with van der Waals surface area (Å²) in [6.07, 6.45) is 1.58. The van der Waals surface area contributed by atoms with E-state index in [1.54, 1.807) is 14.2 Å². The Hall–Kier alpha value is 0.530. The lowest BCUT2D eigenvalue weighted by Gasteiger charge is -2.36. The van der Waals surface area contributed by atoms with Crippen molar-refractivity contribution >= 4 is 34.8 Å². The summed E-state index contributed by atoms with van der Waals surface area (Å²) in [5, 5.41) is 1.05. The summed E-state index contributed by atoms with van der Waals surface area (Å²) in [6, 6.07) is 0. The van der Waals surface area contributed by atoms with Crippen LogP contribution in [0.5, 0.6) is 0 Å². The van der Waals surface area contributed by atoms with Crippen molar-refractivity contribution in [2.45, 2.75) is 23.5 Å². The van der Waals surface area contributed by atoms with Crippen LogP contribution >= 0.6 is 34.8 Å². The van der Waals surface area contributed by atoms with Gasteiger partial charge in [-0.05, 0) is 12.8 Å². The molecule has 2 atom stereocenters. The third kappa shape index (κ3) is 0.966. The SMILES string of the molecule is COC1(OC)C2CCC1(Cl)C(Cl)=C2Cl. The highest BCUT2D eigenvalue weighted by molar-refractivity contribution is 6.46. The summed E-state index contributed by atoms with van der Waals surface area (Å²) in [6.45, 7) is 0. The third-order valence-corrected chi connectivity index (χ3v) is 5.07. The lowest BCUT2D eigenvalue weighted by Crippen LogP contribution is -2.49. The Kier molecular flexibility index (Phi) is 2.57. The Morgan fingerprint density at radius 1 is 1.29 bits per heavy atom. The van der Waals surface area contributed by atoms with E-state index in [9.17, 15) is 0 Å². The van der Waals surface area contributed by atoms with Crippen LogP contribution < -0.4 is 0 Å². The largest absolute Gasteiger partial charge is 0.351 e. The van der Waals surface area contributed by atoms with Crippen LogP contribution in [0.1, 0.15) is 12.8 Å². The van der Waals surface area contributed by atoms with Crippen molar-refractivity contribution in [3.8, 4) is 0 Å². The minimum atomic E-state index is -0.886. The van der Waals surface area contributed by atoms with Gasteiger partial charge in [-0.15, -0.1) is 11.6 Å². The molecule has 0 amide bonds. The van der Waals surface area contributed by atoms with E-state index in [1.165, 1.54) is 0 Å². The van der Waals surface area contributed by atoms with E-state index in [0.717, 1.165) is 12.8 Å². The van der Waals surface area contributed by atoms with Crippen LogP contribution in [0, 0.1) is 5.92 Å². The highest BCUT2D eigenvalue weighted by Gasteiger charge is 2.69. The van der Waals surface area contributed by atoms with Crippen molar-refractivity contribution in [3.05, 3.63) is 10.1 Å². The minimum absolute atomic E-state index is 0.0378. The van der Waals surface area contributed by atoms with E-state index in [4.69, 9.17) is 44.3 Å². The normalized spacial score (nSPS) is 39.6. The molecule has 0 saturated heterocycles. The molecule has 0 radical (unpaired) electrons. The first-order chi connectivity index (χ1) is 6.53. The van der Waals surface area contributed by atoms with Crippen molar-refractivity contribution in [1.29, 1.82) is 0 Å². The number of hydrogen-bond acceptors (Lipinski definition) is 2. The molecular formula is C9H11Cl3O2. The van der Waals surface area contributed by atoms with E-state index in [2.05, 4.69) is 0 Å². The maximum absolute atomic E-state index is 6.44. The van der Waals surface area contributed by atoms with E-state index >= 15 is 0 Å². The molecule has 0 N–H and O–H groups in total. The number of methoxy groups -OCH3 is 2. The fourth-order valence-electron chi connectivity index (χ4n) is 2.57. The first-order valence-corrected chi connectivity index (χ1v) is 5.51. The van der Waals surface area contributed by atoms with Crippen molar-refractivity contribution in [2.75, 3.05) is 14.2 Å². The maximum atomic E-state index is 6.44. The van der Waals surface area contributed by atoms with E-state index in [-0.39, 0.29) is 5.92 Å². The van der Waals surface area contributed by atoms with Gasteiger partial charge >= 0.3 is 0 Å². The van der Waals surface area contributed by atoms with Crippen LogP contribution in [0.25, 0.3) is 0 Å². The van der Waals surface area contributed by atoms with Crippen LogP contribution in [0.2, 0.25) is 0 Å². The fraction of sp³-hybridized carbons (Fsp3) is 0.778. The number of ether oxygens (including phenoxy) is 2. The molecular weight excluding hydrogens is 246 g/mol. The Morgan fingerprint density at radius 3 is 2.14 bits per heavy atom. The summed E-state index contributed by atoms with van der Waals surface area (Å²) in [5.41, 5.74) is 0. The topological polar surface area (TPSA) is 18.5 Å². The molecule has 2 aliphatic carbocycles. The van der Waals surface area contributed by atoms with Crippen LogP contribution in [-0.4, -0.2) is 24.9 Å². The monoisotopic (exact) mass is 256 g/mol. The number of fused-ring (bicyclic) bond motifs is 2. The predicted molar refractivity (Wildman–Crippen MR) is 56.8 cm³/mol. The van der Waals surface area contributed by atoms with Crippen molar-refractivity contribution < 1.29 is 9.47 Å². The van der Waals surface area contributed by atoms with Crippen LogP contribution in [0.3, 0.4) is 0 Å². The average Bonchev–Trinajstić information content (AvgIpc) is 2.56. The molecule has 2 bridgehead atoms. The second kappa shape index (κ2) is 3.26. The molecule has 5 heteroatoms. The molecule has 2 aliphatic rings. The number of hydrogen-bond donors (Lipinski definition) is 0. The van der Waals surface area contributed by atoms with Gasteiger partial charge < -0.3 is 9.47 Å². The van der Waals surface area contributed by atoms with Gasteiger partial charge in [-0.25, -0.2) is 0 Å². The predicted octanol–water partition coefficient (Wildman–Crippen LogP) is 3.07. The van der Waals surface area contributed by atoms with E-state index in [1.807, 2.05) is 0 Å². The van der Waals surface area contributed by atoms with Gasteiger partial charge in [-0.3, -0.25) is 0 Å². The molecule has 1 fully saturated rings. The van der Waals surface area contributed by atoms with Gasteiger partial charge in [0.2, 0.25) is 0 Å². The molecule has 0 aliphatic heterocycles. The Labute approximate surface area is 98.1 Å². The van der Waals surface area contributed by atoms with Crippen LogP contribution in [0.15, 0.2) is 10.1 Å². The third-order valence-electron chi connectivity index (χ3n) is 3.26. The summed E-state index contributed by atoms with van der Waals surface area (Å²) in [5.74, 6) is -0.924. The molecule has 14 heavy (non-hydrogen) atoms. The molecule has 0 aromatic carbocycles. The second-order valence-electron chi connectivity index (χ2n) is 3.63. The van der Waals surface area contributed by atoms with Crippen molar-refractivity contribution in [3.63, 3.8) is 0 Å². The van der Waals surface area contributed by atoms with Gasteiger partial charge in [0, 0.05) is 19.3 Å². The first-order valence-electron chi connectivity index (χ1n) is 4.38. The molecule has 2 unspecified atom stereocenters. The number of alkyl halides is 1. The zero-order valence-corrected chi connectivity index (χ0v) is 10.2. The standard InChI is InChI=1S/C9H11Cl3O2/c1-13-9(14-2)5-3-4-8(9,12)7(11)6(5)10/h5H,3-4H2,1-2H3. The van der Waals surface area contributed by atoms with Crippen LogP contribution in [0.4, 0.5) is 0 Å². The molecule has 1 saturated carbocycles. The number of rotatable bonds is 2. The van der Waals surface area contributed by atoms with Gasteiger partial charge in [-0.2, -0.15) is 0 Å². The summed E-state index contributed by atoms with van der Waals surface area (Å²) < 4.78 is 10.8. The fourth-order valence-corrected chi connectivity index (χ4v) is 3.89. The van der Waals surface area contributed by atoms with E-state index < -0.39 is 10.7 Å². The average molecular weight is 258 g/mol. The highest BCUT2D eigenvalue weighted by Crippen LogP contribution is 2.64. The zero-order chi connectivity index (χ0) is 10.6. The van der Waals surface area contributed by atoms with Crippen LogP contribution in [-0.2, 0) is 9.47 Å². The summed E-state index contributed by atoms with van der Waals surface area (Å²) in [7, 11) is 3.14. The van der Waals surface area contributed by atoms with Crippen molar-refractivity contribution in [2.24, 2.45) is 5.92 Å². The molecule has 0 spiro atoms. The molecule has 0 aromatic rings. The van der Waals surface area contributed by atoms with Gasteiger partial charge in [0.1, 0.15) is 4.87 Å². The maximum Gasteiger partial charge on any atom is 0.200 e. The smallest absolute Gasteiger partial charge is 0.200 e. The number of halogens is 3.